The van der Waals surface area contributed by atoms with Crippen molar-refractivity contribution in [2.75, 3.05) is 12.3 Å². The van der Waals surface area contributed by atoms with Gasteiger partial charge in [0.15, 0.2) is 17.2 Å². The largest absolute Gasteiger partial charge is 0.381 e. The van der Waals surface area contributed by atoms with Crippen molar-refractivity contribution in [3.8, 4) is 0 Å². The zero-order chi connectivity index (χ0) is 24.1. The lowest BCUT2D eigenvalue weighted by Crippen LogP contribution is -2.51. The van der Waals surface area contributed by atoms with Gasteiger partial charge in [-0.2, -0.15) is 4.98 Å². The Balaban J connectivity index is 1.59. The zero-order valence-electron chi connectivity index (χ0n) is 18.1. The maximum Gasteiger partial charge on any atom is 0.351 e. The number of hydrogen-bond donors (Lipinski definition) is 1. The van der Waals surface area contributed by atoms with Gasteiger partial charge in [0.05, 0.1) is 32.1 Å². The van der Waals surface area contributed by atoms with Gasteiger partial charge in [0.1, 0.15) is 6.23 Å². The molecule has 1 fully saturated rings. The summed E-state index contributed by atoms with van der Waals surface area (Å²) in [6, 6.07) is 18.1. The summed E-state index contributed by atoms with van der Waals surface area (Å²) in [4.78, 5) is 15.7. The summed E-state index contributed by atoms with van der Waals surface area (Å²) >= 11 is 0. The highest BCUT2D eigenvalue weighted by atomic mass is 19.3. The van der Waals surface area contributed by atoms with Crippen LogP contribution < -0.4 is 11.4 Å². The molecule has 180 valence electrons. The Morgan fingerprint density at radius 1 is 1.09 bits per heavy atom. The van der Waals surface area contributed by atoms with Crippen molar-refractivity contribution in [2.24, 2.45) is 0 Å². The second kappa shape index (κ2) is 10.4. The third-order valence-electron chi connectivity index (χ3n) is 5.66. The second-order valence-electron chi connectivity index (χ2n) is 7.99. The van der Waals surface area contributed by atoms with Crippen molar-refractivity contribution in [1.29, 1.82) is 0 Å². The van der Waals surface area contributed by atoms with Gasteiger partial charge in [0, 0.05) is 6.42 Å². The molecule has 0 spiro atoms. The topological polar surface area (TPSA) is 88.6 Å². The summed E-state index contributed by atoms with van der Waals surface area (Å²) in [5.74, 6) is -1.54. The lowest BCUT2D eigenvalue weighted by atomic mass is 9.97. The Morgan fingerprint density at radius 2 is 1.71 bits per heavy atom. The quantitative estimate of drug-likeness (QED) is 0.508. The predicted octanol–water partition coefficient (Wildman–Crippen LogP) is 3.69. The van der Waals surface area contributed by atoms with Crippen LogP contribution in [0.4, 0.5) is 19.0 Å². The number of anilines is 1. The number of aromatic nitrogens is 2. The van der Waals surface area contributed by atoms with Crippen LogP contribution in [0, 0.1) is 5.82 Å². The normalized spacial score (nSPS) is 22.4. The number of ether oxygens (including phenoxy) is 3. The zero-order valence-corrected chi connectivity index (χ0v) is 18.1. The van der Waals surface area contributed by atoms with Crippen LogP contribution in [0.15, 0.2) is 71.7 Å². The Morgan fingerprint density at radius 3 is 2.32 bits per heavy atom. The van der Waals surface area contributed by atoms with Crippen LogP contribution >= 0.6 is 0 Å². The van der Waals surface area contributed by atoms with E-state index in [-0.39, 0.29) is 19.6 Å². The van der Waals surface area contributed by atoms with Gasteiger partial charge in [-0.1, -0.05) is 60.7 Å². The van der Waals surface area contributed by atoms with E-state index in [2.05, 4.69) is 4.98 Å². The van der Waals surface area contributed by atoms with E-state index in [4.69, 9.17) is 19.9 Å². The van der Waals surface area contributed by atoms with Gasteiger partial charge in [-0.05, 0) is 11.1 Å². The first kappa shape index (κ1) is 23.9. The number of benzene rings is 2. The Kier molecular flexibility index (Phi) is 7.30. The van der Waals surface area contributed by atoms with Gasteiger partial charge < -0.3 is 19.9 Å². The molecule has 10 heteroatoms. The lowest BCUT2D eigenvalue weighted by molar-refractivity contribution is -0.215. The van der Waals surface area contributed by atoms with Crippen LogP contribution in [0.3, 0.4) is 0 Å². The SMILES string of the molecule is Nc1nc(=O)n([C@H]2C[C@H](OCc3ccccc3)[C@](COCc3ccccc3)(C(F)F)O2)cc1F. The van der Waals surface area contributed by atoms with E-state index in [0.29, 0.717) is 0 Å². The van der Waals surface area contributed by atoms with Gasteiger partial charge in [0.2, 0.25) is 0 Å². The van der Waals surface area contributed by atoms with E-state index in [1.165, 1.54) is 0 Å². The predicted molar refractivity (Wildman–Crippen MR) is 117 cm³/mol. The van der Waals surface area contributed by atoms with Gasteiger partial charge in [0.25, 0.3) is 6.43 Å². The summed E-state index contributed by atoms with van der Waals surface area (Å²) in [6.45, 7) is -0.389. The molecule has 2 aromatic carbocycles. The fourth-order valence-corrected chi connectivity index (χ4v) is 3.86. The molecule has 0 bridgehead atoms. The summed E-state index contributed by atoms with van der Waals surface area (Å²) in [5.41, 5.74) is 3.81. The molecule has 3 aromatic rings. The summed E-state index contributed by atoms with van der Waals surface area (Å²) in [7, 11) is 0. The fourth-order valence-electron chi connectivity index (χ4n) is 3.86. The molecule has 2 heterocycles. The van der Waals surface area contributed by atoms with Crippen molar-refractivity contribution >= 4 is 5.82 Å². The fraction of sp³-hybridized carbons (Fsp3) is 0.333. The molecular formula is C24H24F3N3O4. The molecule has 4 rings (SSSR count). The van der Waals surface area contributed by atoms with E-state index >= 15 is 0 Å². The number of alkyl halides is 2. The number of hydrogen-bond acceptors (Lipinski definition) is 6. The van der Waals surface area contributed by atoms with Crippen LogP contribution in [0.2, 0.25) is 0 Å². The monoisotopic (exact) mass is 475 g/mol. The lowest BCUT2D eigenvalue weighted by Gasteiger charge is -2.33. The standard InChI is InChI=1S/C24H24F3N3O4/c25-18-12-30(23(31)29-21(18)28)20-11-19(33-14-17-9-5-2-6-10-17)24(34-20,22(26)27)15-32-13-16-7-3-1-4-8-16/h1-10,12,19-20,22H,11,13-15H2,(H2,28,29,31)/t19-,20+,24+/m0/s1. The van der Waals surface area contributed by atoms with Gasteiger partial charge in [-0.15, -0.1) is 0 Å². The van der Waals surface area contributed by atoms with E-state index in [1.54, 1.807) is 36.4 Å². The number of nitrogens with two attached hydrogens (primary N) is 1. The first-order valence-corrected chi connectivity index (χ1v) is 10.7. The van der Waals surface area contributed by atoms with E-state index in [1.807, 2.05) is 24.3 Å². The third-order valence-corrected chi connectivity index (χ3v) is 5.66. The molecule has 0 unspecified atom stereocenters. The van der Waals surface area contributed by atoms with Crippen molar-refractivity contribution in [3.05, 3.63) is 94.3 Å². The minimum Gasteiger partial charge on any atom is -0.381 e. The van der Waals surface area contributed by atoms with Crippen molar-refractivity contribution in [3.63, 3.8) is 0 Å². The van der Waals surface area contributed by atoms with Gasteiger partial charge in [-0.3, -0.25) is 4.57 Å². The molecule has 1 saturated heterocycles. The van der Waals surface area contributed by atoms with Crippen LogP contribution in [0.1, 0.15) is 23.8 Å². The number of halogens is 3. The maximum absolute atomic E-state index is 14.5. The molecule has 0 radical (unpaired) electrons. The van der Waals surface area contributed by atoms with Crippen LogP contribution in [0.25, 0.3) is 0 Å². The minimum absolute atomic E-state index is 0.0397. The van der Waals surface area contributed by atoms with Gasteiger partial charge in [-0.25, -0.2) is 18.0 Å². The number of nitrogen functional groups attached to an aromatic ring is 1. The Hall–Kier alpha value is -3.21. The average Bonchev–Trinajstić information content (AvgIpc) is 3.21. The summed E-state index contributed by atoms with van der Waals surface area (Å²) < 4.78 is 61.1. The minimum atomic E-state index is -3.02. The summed E-state index contributed by atoms with van der Waals surface area (Å²) in [6.07, 6.45) is -4.75. The van der Waals surface area contributed by atoms with Gasteiger partial charge >= 0.3 is 5.69 Å². The van der Waals surface area contributed by atoms with Crippen molar-refractivity contribution in [2.45, 2.75) is 44.0 Å². The van der Waals surface area contributed by atoms with E-state index < -0.39 is 48.3 Å². The number of nitrogens with zero attached hydrogens (tertiary/aromatic N) is 2. The molecule has 2 N–H and O–H groups in total. The molecule has 0 aliphatic carbocycles. The Labute approximate surface area is 193 Å². The highest BCUT2D eigenvalue weighted by Crippen LogP contribution is 2.43. The van der Waals surface area contributed by atoms with E-state index in [9.17, 15) is 18.0 Å². The summed E-state index contributed by atoms with van der Waals surface area (Å²) in [5, 5.41) is 0. The first-order valence-electron chi connectivity index (χ1n) is 10.7. The maximum atomic E-state index is 14.5. The molecule has 3 atom stereocenters. The first-order chi connectivity index (χ1) is 16.4. The molecule has 1 aliphatic heterocycles. The molecule has 0 amide bonds. The molecule has 0 saturated carbocycles. The van der Waals surface area contributed by atoms with Crippen LogP contribution in [-0.4, -0.2) is 34.3 Å². The third kappa shape index (κ3) is 5.14. The van der Waals surface area contributed by atoms with Crippen molar-refractivity contribution < 1.29 is 27.4 Å². The molecular weight excluding hydrogens is 451 g/mol. The molecule has 1 aromatic heterocycles. The number of rotatable bonds is 9. The average molecular weight is 475 g/mol. The molecule has 34 heavy (non-hydrogen) atoms. The Bertz CT molecular complexity index is 1150. The van der Waals surface area contributed by atoms with Crippen LogP contribution in [0.5, 0.6) is 0 Å². The molecule has 7 nitrogen and oxygen atoms in total. The second-order valence-corrected chi connectivity index (χ2v) is 7.99. The molecule has 1 aliphatic rings. The van der Waals surface area contributed by atoms with Crippen LogP contribution in [-0.2, 0) is 27.4 Å². The van der Waals surface area contributed by atoms with E-state index in [0.717, 1.165) is 21.9 Å². The highest BCUT2D eigenvalue weighted by molar-refractivity contribution is 5.26. The van der Waals surface area contributed by atoms with Crippen molar-refractivity contribution in [1.82, 2.24) is 9.55 Å². The smallest absolute Gasteiger partial charge is 0.351 e. The highest BCUT2D eigenvalue weighted by Gasteiger charge is 2.57.